The van der Waals surface area contributed by atoms with Crippen molar-refractivity contribution in [2.24, 2.45) is 0 Å². The average molecular weight is 210 g/mol. The number of pyridine rings is 1. The van der Waals surface area contributed by atoms with E-state index >= 15 is 0 Å². The zero-order valence-electron chi connectivity index (χ0n) is 9.31. The molecule has 0 aliphatic rings. The van der Waals surface area contributed by atoms with Gasteiger partial charge in [-0.15, -0.1) is 0 Å². The maximum absolute atomic E-state index is 8.86. The molecule has 0 aromatic carbocycles. The van der Waals surface area contributed by atoms with E-state index in [1.54, 1.807) is 7.11 Å². The third-order valence-electron chi connectivity index (χ3n) is 2.24. The van der Waals surface area contributed by atoms with Gasteiger partial charge in [-0.05, 0) is 12.6 Å². The molecule has 0 amide bonds. The zero-order valence-corrected chi connectivity index (χ0v) is 9.31. The summed E-state index contributed by atoms with van der Waals surface area (Å²) in [6, 6.07) is 5.71. The quantitative estimate of drug-likeness (QED) is 0.758. The molecule has 0 bridgehead atoms. The zero-order chi connectivity index (χ0) is 11.1. The molecule has 0 atom stereocenters. The van der Waals surface area contributed by atoms with Gasteiger partial charge in [-0.1, -0.05) is 13.0 Å². The predicted octanol–water partition coefficient (Wildman–Crippen LogP) is 0.904. The van der Waals surface area contributed by atoms with Gasteiger partial charge in [-0.3, -0.25) is 4.90 Å². The third kappa shape index (κ3) is 3.85. The van der Waals surface area contributed by atoms with Crippen molar-refractivity contribution in [3.05, 3.63) is 23.9 Å². The van der Waals surface area contributed by atoms with Crippen LogP contribution >= 0.6 is 0 Å². The standard InChI is InChI=1S/C11H18N2O2/c1-3-13(7-8-14)9-10-5-4-6-11(12-10)15-2/h4-6,14H,3,7-9H2,1-2H3. The topological polar surface area (TPSA) is 45.6 Å². The molecule has 1 heterocycles. The molecule has 1 rings (SSSR count). The summed E-state index contributed by atoms with van der Waals surface area (Å²) in [6.07, 6.45) is 0. The normalized spacial score (nSPS) is 10.7. The van der Waals surface area contributed by atoms with Gasteiger partial charge in [0.2, 0.25) is 5.88 Å². The summed E-state index contributed by atoms with van der Waals surface area (Å²) in [7, 11) is 1.61. The lowest BCUT2D eigenvalue weighted by Crippen LogP contribution is -2.26. The van der Waals surface area contributed by atoms with Crippen LogP contribution in [0.4, 0.5) is 0 Å². The van der Waals surface area contributed by atoms with Crippen LogP contribution in [0.1, 0.15) is 12.6 Å². The van der Waals surface area contributed by atoms with E-state index in [1.807, 2.05) is 18.2 Å². The molecule has 0 aliphatic carbocycles. The Hall–Kier alpha value is -1.13. The Bertz CT molecular complexity index is 292. The van der Waals surface area contributed by atoms with Crippen LogP contribution in [0.15, 0.2) is 18.2 Å². The van der Waals surface area contributed by atoms with Gasteiger partial charge < -0.3 is 9.84 Å². The molecule has 1 aromatic rings. The minimum absolute atomic E-state index is 0.178. The lowest BCUT2D eigenvalue weighted by Gasteiger charge is -2.18. The van der Waals surface area contributed by atoms with Crippen LogP contribution in [0.3, 0.4) is 0 Å². The van der Waals surface area contributed by atoms with E-state index in [0.29, 0.717) is 12.4 Å². The maximum atomic E-state index is 8.86. The number of hydrogen-bond acceptors (Lipinski definition) is 4. The molecule has 0 radical (unpaired) electrons. The van der Waals surface area contributed by atoms with Crippen molar-refractivity contribution in [2.45, 2.75) is 13.5 Å². The monoisotopic (exact) mass is 210 g/mol. The van der Waals surface area contributed by atoms with Crippen molar-refractivity contribution in [1.82, 2.24) is 9.88 Å². The number of aliphatic hydroxyl groups is 1. The second-order valence-corrected chi connectivity index (χ2v) is 3.26. The summed E-state index contributed by atoms with van der Waals surface area (Å²) < 4.78 is 5.05. The van der Waals surface area contributed by atoms with Crippen molar-refractivity contribution >= 4 is 0 Å². The Morgan fingerprint density at radius 3 is 2.87 bits per heavy atom. The van der Waals surface area contributed by atoms with E-state index in [4.69, 9.17) is 9.84 Å². The van der Waals surface area contributed by atoms with Crippen LogP contribution in [-0.4, -0.2) is 41.8 Å². The highest BCUT2D eigenvalue weighted by Crippen LogP contribution is 2.08. The fraction of sp³-hybridized carbons (Fsp3) is 0.545. The average Bonchev–Trinajstić information content (AvgIpc) is 2.29. The van der Waals surface area contributed by atoms with Gasteiger partial charge >= 0.3 is 0 Å². The number of ether oxygens (including phenoxy) is 1. The number of likely N-dealkylation sites (N-methyl/N-ethyl adjacent to an activating group) is 1. The van der Waals surface area contributed by atoms with Crippen LogP contribution in [0, 0.1) is 0 Å². The molecule has 1 N–H and O–H groups in total. The second-order valence-electron chi connectivity index (χ2n) is 3.26. The minimum Gasteiger partial charge on any atom is -0.481 e. The third-order valence-corrected chi connectivity index (χ3v) is 2.24. The number of aromatic nitrogens is 1. The Balaban J connectivity index is 2.61. The van der Waals surface area contributed by atoms with Gasteiger partial charge in [0.15, 0.2) is 0 Å². The van der Waals surface area contributed by atoms with Crippen LogP contribution in [-0.2, 0) is 6.54 Å². The molecule has 0 spiro atoms. The van der Waals surface area contributed by atoms with Gasteiger partial charge in [-0.25, -0.2) is 4.98 Å². The van der Waals surface area contributed by atoms with Crippen LogP contribution in [0.5, 0.6) is 5.88 Å². The molecule has 15 heavy (non-hydrogen) atoms. The van der Waals surface area contributed by atoms with Gasteiger partial charge in [-0.2, -0.15) is 0 Å². The molecule has 4 heteroatoms. The number of aliphatic hydroxyl groups excluding tert-OH is 1. The van der Waals surface area contributed by atoms with Crippen LogP contribution in [0.2, 0.25) is 0 Å². The first-order valence-corrected chi connectivity index (χ1v) is 5.13. The molecule has 0 unspecified atom stereocenters. The molecule has 84 valence electrons. The predicted molar refractivity (Wildman–Crippen MR) is 58.8 cm³/mol. The maximum Gasteiger partial charge on any atom is 0.213 e. The highest BCUT2D eigenvalue weighted by Gasteiger charge is 2.04. The highest BCUT2D eigenvalue weighted by molar-refractivity contribution is 5.15. The van der Waals surface area contributed by atoms with Gasteiger partial charge in [0.25, 0.3) is 0 Å². The summed E-state index contributed by atoms with van der Waals surface area (Å²) in [5.74, 6) is 0.632. The Morgan fingerprint density at radius 1 is 1.47 bits per heavy atom. The van der Waals surface area contributed by atoms with Gasteiger partial charge in [0, 0.05) is 19.2 Å². The molecule has 4 nitrogen and oxygen atoms in total. The van der Waals surface area contributed by atoms with E-state index in [9.17, 15) is 0 Å². The number of hydrogen-bond donors (Lipinski definition) is 1. The van der Waals surface area contributed by atoms with E-state index in [1.165, 1.54) is 0 Å². The highest BCUT2D eigenvalue weighted by atomic mass is 16.5. The molecule has 0 saturated carbocycles. The summed E-state index contributed by atoms with van der Waals surface area (Å²) in [5.41, 5.74) is 0.963. The van der Waals surface area contributed by atoms with E-state index in [0.717, 1.165) is 18.8 Å². The van der Waals surface area contributed by atoms with Gasteiger partial charge in [0.05, 0.1) is 19.4 Å². The van der Waals surface area contributed by atoms with Crippen molar-refractivity contribution in [3.8, 4) is 5.88 Å². The molecular weight excluding hydrogens is 192 g/mol. The first-order chi connectivity index (χ1) is 7.30. The van der Waals surface area contributed by atoms with Crippen LogP contribution in [0.25, 0.3) is 0 Å². The molecule has 0 aliphatic heterocycles. The second kappa shape index (κ2) is 6.37. The Morgan fingerprint density at radius 2 is 2.27 bits per heavy atom. The smallest absolute Gasteiger partial charge is 0.213 e. The first kappa shape index (κ1) is 11.9. The fourth-order valence-corrected chi connectivity index (χ4v) is 1.38. The van der Waals surface area contributed by atoms with E-state index < -0.39 is 0 Å². The van der Waals surface area contributed by atoms with Crippen molar-refractivity contribution < 1.29 is 9.84 Å². The summed E-state index contributed by atoms with van der Waals surface area (Å²) in [6.45, 7) is 4.57. The van der Waals surface area contributed by atoms with Crippen molar-refractivity contribution in [1.29, 1.82) is 0 Å². The lowest BCUT2D eigenvalue weighted by molar-refractivity contribution is 0.195. The number of rotatable bonds is 6. The molecule has 1 aromatic heterocycles. The minimum atomic E-state index is 0.178. The number of methoxy groups -OCH3 is 1. The Kier molecular flexibility index (Phi) is 5.07. The van der Waals surface area contributed by atoms with E-state index in [2.05, 4.69) is 16.8 Å². The van der Waals surface area contributed by atoms with Gasteiger partial charge in [0.1, 0.15) is 0 Å². The molecular formula is C11H18N2O2. The fourth-order valence-electron chi connectivity index (χ4n) is 1.38. The van der Waals surface area contributed by atoms with Crippen molar-refractivity contribution in [3.63, 3.8) is 0 Å². The lowest BCUT2D eigenvalue weighted by atomic mass is 10.3. The van der Waals surface area contributed by atoms with E-state index in [-0.39, 0.29) is 6.61 Å². The summed E-state index contributed by atoms with van der Waals surface area (Å²) >= 11 is 0. The first-order valence-electron chi connectivity index (χ1n) is 5.13. The largest absolute Gasteiger partial charge is 0.481 e. The molecule has 0 fully saturated rings. The molecule has 0 saturated heterocycles. The van der Waals surface area contributed by atoms with Crippen LogP contribution < -0.4 is 4.74 Å². The number of nitrogens with zero attached hydrogens (tertiary/aromatic N) is 2. The van der Waals surface area contributed by atoms with Crippen molar-refractivity contribution in [2.75, 3.05) is 26.8 Å². The SMILES string of the molecule is CCN(CCO)Cc1cccc(OC)n1. The Labute approximate surface area is 90.5 Å². The summed E-state index contributed by atoms with van der Waals surface area (Å²) in [4.78, 5) is 6.44. The summed E-state index contributed by atoms with van der Waals surface area (Å²) in [5, 5.41) is 8.86.